The van der Waals surface area contributed by atoms with Gasteiger partial charge in [-0.2, -0.15) is 0 Å². The molecule has 7 nitrogen and oxygen atoms in total. The molecular weight excluding hydrogens is 335 g/mol. The van der Waals surface area contributed by atoms with Gasteiger partial charge in [-0.05, 0) is 37.1 Å². The summed E-state index contributed by atoms with van der Waals surface area (Å²) in [7, 11) is 0. The number of nitrogens with one attached hydrogen (secondary N) is 4. The first-order chi connectivity index (χ1) is 12.6. The first-order valence-corrected chi connectivity index (χ1v) is 8.44. The minimum absolute atomic E-state index is 0.288. The first kappa shape index (κ1) is 17.7. The Bertz CT molecular complexity index is 793. The molecule has 2 heterocycles. The Morgan fingerprint density at radius 3 is 2.69 bits per heavy atom. The van der Waals surface area contributed by atoms with Gasteiger partial charge in [-0.25, -0.2) is 9.18 Å². The maximum atomic E-state index is 13.1. The fraction of sp³-hybridized carbons (Fsp3) is 0.222. The van der Waals surface area contributed by atoms with Crippen LogP contribution in [0.2, 0.25) is 0 Å². The van der Waals surface area contributed by atoms with E-state index in [1.807, 2.05) is 23.3 Å². The summed E-state index contributed by atoms with van der Waals surface area (Å²) in [6.45, 7) is 2.16. The predicted octanol–water partition coefficient (Wildman–Crippen LogP) is 3.73. The molecule has 1 aliphatic rings. The second-order valence-corrected chi connectivity index (χ2v) is 5.88. The van der Waals surface area contributed by atoms with Gasteiger partial charge in [0.1, 0.15) is 5.82 Å². The minimum atomic E-state index is -0.509. The standard InChI is InChI=1S/C18H21FN6O/c1-2-3-4-15-12-25(24-23-15)17-7-5-14(6-8-17)21-18(26)22-16-9-13(19)10-20-11-16/h5-12,23-24H,2-4H2,1H3,(H2,21,22,26). The van der Waals surface area contributed by atoms with Gasteiger partial charge in [0.15, 0.2) is 0 Å². The van der Waals surface area contributed by atoms with Gasteiger partial charge < -0.3 is 16.1 Å². The third kappa shape index (κ3) is 4.70. The Morgan fingerprint density at radius 1 is 1.19 bits per heavy atom. The van der Waals surface area contributed by atoms with Crippen molar-refractivity contribution < 1.29 is 9.18 Å². The van der Waals surface area contributed by atoms with Crippen molar-refractivity contribution in [1.29, 1.82) is 0 Å². The summed E-state index contributed by atoms with van der Waals surface area (Å²) in [6, 6.07) is 8.08. The third-order valence-electron chi connectivity index (χ3n) is 3.79. The second-order valence-electron chi connectivity index (χ2n) is 5.88. The number of carbonyl (C=O) groups is 1. The number of halogens is 1. The predicted molar refractivity (Wildman–Crippen MR) is 99.6 cm³/mol. The van der Waals surface area contributed by atoms with E-state index < -0.39 is 11.8 Å². The number of unbranched alkanes of at least 4 members (excludes halogenated alkanes) is 1. The van der Waals surface area contributed by atoms with Crippen molar-refractivity contribution in [3.63, 3.8) is 0 Å². The van der Waals surface area contributed by atoms with Crippen LogP contribution >= 0.6 is 0 Å². The molecule has 0 saturated heterocycles. The minimum Gasteiger partial charge on any atom is -0.308 e. The van der Waals surface area contributed by atoms with Crippen molar-refractivity contribution in [1.82, 2.24) is 15.9 Å². The van der Waals surface area contributed by atoms with Crippen LogP contribution in [0.15, 0.2) is 54.6 Å². The fourth-order valence-corrected chi connectivity index (χ4v) is 2.46. The van der Waals surface area contributed by atoms with Crippen LogP contribution in [0, 0.1) is 5.82 Å². The smallest absolute Gasteiger partial charge is 0.308 e. The molecule has 0 saturated carbocycles. The van der Waals surface area contributed by atoms with E-state index in [9.17, 15) is 9.18 Å². The molecule has 4 N–H and O–H groups in total. The lowest BCUT2D eigenvalue weighted by molar-refractivity contribution is 0.262. The van der Waals surface area contributed by atoms with E-state index in [1.165, 1.54) is 12.3 Å². The van der Waals surface area contributed by atoms with Gasteiger partial charge in [-0.1, -0.05) is 13.3 Å². The number of nitrogens with zero attached hydrogens (tertiary/aromatic N) is 2. The Balaban J connectivity index is 1.56. The van der Waals surface area contributed by atoms with Crippen LogP contribution in [0.5, 0.6) is 0 Å². The van der Waals surface area contributed by atoms with Gasteiger partial charge in [-0.3, -0.25) is 9.99 Å². The van der Waals surface area contributed by atoms with E-state index in [1.54, 1.807) is 12.1 Å². The number of amides is 2. The molecule has 0 spiro atoms. The molecule has 8 heteroatoms. The first-order valence-electron chi connectivity index (χ1n) is 8.44. The highest BCUT2D eigenvalue weighted by Gasteiger charge is 2.12. The van der Waals surface area contributed by atoms with Crippen LogP contribution in [0.1, 0.15) is 26.2 Å². The molecule has 1 aliphatic heterocycles. The Morgan fingerprint density at radius 2 is 1.96 bits per heavy atom. The van der Waals surface area contributed by atoms with Crippen molar-refractivity contribution in [3.8, 4) is 0 Å². The second kappa shape index (κ2) is 8.30. The monoisotopic (exact) mass is 356 g/mol. The maximum Gasteiger partial charge on any atom is 0.323 e. The quantitative estimate of drug-likeness (QED) is 0.634. The number of hydrogen-bond donors (Lipinski definition) is 4. The van der Waals surface area contributed by atoms with E-state index in [0.29, 0.717) is 5.69 Å². The van der Waals surface area contributed by atoms with E-state index >= 15 is 0 Å². The van der Waals surface area contributed by atoms with Crippen LogP contribution in [0.3, 0.4) is 0 Å². The highest BCUT2D eigenvalue weighted by atomic mass is 19.1. The van der Waals surface area contributed by atoms with Crippen molar-refractivity contribution in [3.05, 3.63) is 60.4 Å². The number of allylic oxidation sites excluding steroid dienone is 1. The molecule has 0 atom stereocenters. The molecule has 2 aromatic rings. The number of benzene rings is 1. The summed E-state index contributed by atoms with van der Waals surface area (Å²) < 4.78 is 13.1. The van der Waals surface area contributed by atoms with Crippen LogP contribution in [-0.2, 0) is 0 Å². The van der Waals surface area contributed by atoms with Crippen LogP contribution in [0.25, 0.3) is 0 Å². The zero-order valence-corrected chi connectivity index (χ0v) is 14.4. The van der Waals surface area contributed by atoms with Gasteiger partial charge in [-0.15, -0.1) is 5.53 Å². The molecule has 0 unspecified atom stereocenters. The molecule has 0 aliphatic carbocycles. The number of pyridine rings is 1. The van der Waals surface area contributed by atoms with E-state index in [2.05, 4.69) is 33.5 Å². The van der Waals surface area contributed by atoms with Crippen molar-refractivity contribution in [2.45, 2.75) is 26.2 Å². The van der Waals surface area contributed by atoms with Crippen LogP contribution in [-0.4, -0.2) is 11.0 Å². The molecule has 26 heavy (non-hydrogen) atoms. The summed E-state index contributed by atoms with van der Waals surface area (Å²) in [5.74, 6) is -0.509. The van der Waals surface area contributed by atoms with Gasteiger partial charge >= 0.3 is 6.03 Å². The van der Waals surface area contributed by atoms with Crippen LogP contribution < -0.4 is 26.6 Å². The van der Waals surface area contributed by atoms with Crippen molar-refractivity contribution >= 4 is 23.1 Å². The molecule has 3 rings (SSSR count). The van der Waals surface area contributed by atoms with Gasteiger partial charge in [0, 0.05) is 23.7 Å². The third-order valence-corrected chi connectivity index (χ3v) is 3.79. The molecule has 1 aromatic heterocycles. The lowest BCUT2D eigenvalue weighted by atomic mass is 10.2. The van der Waals surface area contributed by atoms with Crippen LogP contribution in [0.4, 0.5) is 26.2 Å². The summed E-state index contributed by atoms with van der Waals surface area (Å²) >= 11 is 0. The largest absolute Gasteiger partial charge is 0.323 e. The van der Waals surface area contributed by atoms with Gasteiger partial charge in [0.2, 0.25) is 0 Å². The van der Waals surface area contributed by atoms with Gasteiger partial charge in [0.05, 0.1) is 23.8 Å². The molecule has 136 valence electrons. The molecule has 0 radical (unpaired) electrons. The van der Waals surface area contributed by atoms with Crippen molar-refractivity contribution in [2.75, 3.05) is 15.6 Å². The number of rotatable bonds is 6. The highest BCUT2D eigenvalue weighted by molar-refractivity contribution is 5.99. The molecule has 2 amide bonds. The van der Waals surface area contributed by atoms with E-state index in [-0.39, 0.29) is 5.69 Å². The normalized spacial score (nSPS) is 13.2. The Kier molecular flexibility index (Phi) is 5.65. The topological polar surface area (TPSA) is 81.3 Å². The number of hydrogen-bond acceptors (Lipinski definition) is 5. The lowest BCUT2D eigenvalue weighted by Gasteiger charge is -2.15. The van der Waals surface area contributed by atoms with E-state index in [4.69, 9.17) is 0 Å². The number of aromatic nitrogens is 1. The zero-order valence-electron chi connectivity index (χ0n) is 14.4. The van der Waals surface area contributed by atoms with Gasteiger partial charge in [0.25, 0.3) is 0 Å². The molecule has 0 fully saturated rings. The SMILES string of the molecule is CCCCC1=CN(c2ccc(NC(=O)Nc3cncc(F)c3)cc2)NN1. The molecule has 0 bridgehead atoms. The molecule has 1 aromatic carbocycles. The summed E-state index contributed by atoms with van der Waals surface area (Å²) in [5.41, 5.74) is 9.20. The molecular formula is C18H21FN6O. The number of urea groups is 1. The summed E-state index contributed by atoms with van der Waals surface area (Å²) in [4.78, 5) is 15.6. The average molecular weight is 356 g/mol. The average Bonchev–Trinajstić information content (AvgIpc) is 3.09. The number of hydrazine groups is 2. The highest BCUT2D eigenvalue weighted by Crippen LogP contribution is 2.20. The maximum absolute atomic E-state index is 13.1. The zero-order chi connectivity index (χ0) is 18.4. The fourth-order valence-electron chi connectivity index (χ4n) is 2.46. The Hall–Kier alpha value is -3.13. The number of carbonyl (C=O) groups excluding carboxylic acids is 1. The number of anilines is 3. The van der Waals surface area contributed by atoms with E-state index in [0.717, 1.165) is 36.8 Å². The summed E-state index contributed by atoms with van der Waals surface area (Å²) in [5, 5.41) is 7.11. The Labute approximate surface area is 151 Å². The lowest BCUT2D eigenvalue weighted by Crippen LogP contribution is -2.36. The van der Waals surface area contributed by atoms with Crippen molar-refractivity contribution in [2.24, 2.45) is 0 Å². The summed E-state index contributed by atoms with van der Waals surface area (Å²) in [6.07, 6.45) is 7.74.